The van der Waals surface area contributed by atoms with Crippen molar-refractivity contribution in [2.45, 2.75) is 0 Å². The molecule has 0 fully saturated rings. The van der Waals surface area contributed by atoms with Gasteiger partial charge >= 0.3 is 0 Å². The zero-order valence-electron chi connectivity index (χ0n) is 10.9. The molecule has 0 aliphatic carbocycles. The van der Waals surface area contributed by atoms with Crippen molar-refractivity contribution in [1.29, 1.82) is 0 Å². The molecule has 0 unspecified atom stereocenters. The third kappa shape index (κ3) is 2.18. The van der Waals surface area contributed by atoms with E-state index in [2.05, 4.69) is 15.1 Å². The Morgan fingerprint density at radius 1 is 1.10 bits per heavy atom. The molecule has 100 valence electrons. The van der Waals surface area contributed by atoms with Crippen molar-refractivity contribution in [2.24, 2.45) is 0 Å². The molecule has 0 spiro atoms. The summed E-state index contributed by atoms with van der Waals surface area (Å²) in [6.45, 7) is 0. The van der Waals surface area contributed by atoms with E-state index in [9.17, 15) is 0 Å². The number of ether oxygens (including phenoxy) is 1. The van der Waals surface area contributed by atoms with Crippen LogP contribution >= 0.6 is 0 Å². The molecular formula is C14H13N5O. The van der Waals surface area contributed by atoms with E-state index >= 15 is 0 Å². The van der Waals surface area contributed by atoms with Gasteiger partial charge in [0.15, 0.2) is 0 Å². The molecule has 0 saturated heterocycles. The first-order valence-electron chi connectivity index (χ1n) is 6.06. The number of benzene rings is 1. The van der Waals surface area contributed by atoms with E-state index in [1.54, 1.807) is 24.1 Å². The maximum Gasteiger partial charge on any atom is 0.223 e. The number of rotatable bonds is 3. The van der Waals surface area contributed by atoms with Crippen molar-refractivity contribution in [3.05, 3.63) is 48.7 Å². The van der Waals surface area contributed by atoms with E-state index in [1.165, 1.54) is 0 Å². The molecule has 3 rings (SSSR count). The molecule has 0 bridgehead atoms. The Bertz CT molecular complexity index is 723. The Morgan fingerprint density at radius 3 is 2.65 bits per heavy atom. The van der Waals surface area contributed by atoms with Crippen LogP contribution in [0.25, 0.3) is 17.1 Å². The lowest BCUT2D eigenvalue weighted by Gasteiger charge is -2.08. The summed E-state index contributed by atoms with van der Waals surface area (Å²) in [6.07, 6.45) is 1.72. The molecule has 0 radical (unpaired) electrons. The van der Waals surface area contributed by atoms with Crippen LogP contribution in [0.1, 0.15) is 0 Å². The van der Waals surface area contributed by atoms with Gasteiger partial charge in [-0.1, -0.05) is 18.2 Å². The molecule has 2 N–H and O–H groups in total. The maximum atomic E-state index is 5.70. The van der Waals surface area contributed by atoms with Crippen LogP contribution in [0.4, 0.5) is 5.95 Å². The van der Waals surface area contributed by atoms with E-state index in [4.69, 9.17) is 10.5 Å². The largest absolute Gasteiger partial charge is 0.481 e. The fourth-order valence-electron chi connectivity index (χ4n) is 1.95. The number of nitrogens with zero attached hydrogens (tertiary/aromatic N) is 4. The van der Waals surface area contributed by atoms with Crippen molar-refractivity contribution < 1.29 is 4.74 Å². The van der Waals surface area contributed by atoms with E-state index in [0.717, 1.165) is 11.4 Å². The summed E-state index contributed by atoms with van der Waals surface area (Å²) in [4.78, 5) is 8.22. The predicted molar refractivity (Wildman–Crippen MR) is 75.6 cm³/mol. The molecule has 2 aromatic heterocycles. The third-order valence-corrected chi connectivity index (χ3v) is 2.83. The molecule has 6 nitrogen and oxygen atoms in total. The van der Waals surface area contributed by atoms with Crippen molar-refractivity contribution in [1.82, 2.24) is 19.7 Å². The van der Waals surface area contributed by atoms with Crippen molar-refractivity contribution >= 4 is 5.95 Å². The van der Waals surface area contributed by atoms with E-state index < -0.39 is 0 Å². The number of anilines is 1. The molecule has 20 heavy (non-hydrogen) atoms. The van der Waals surface area contributed by atoms with Crippen molar-refractivity contribution in [3.8, 4) is 23.0 Å². The summed E-state index contributed by atoms with van der Waals surface area (Å²) in [7, 11) is 1.54. The molecular weight excluding hydrogens is 254 g/mol. The number of nitrogen functional groups attached to an aromatic ring is 1. The number of nitrogens with two attached hydrogens (primary N) is 1. The average molecular weight is 267 g/mol. The molecule has 0 aliphatic heterocycles. The SMILES string of the molecule is COc1cc(-c2ccnn2-c2ccccc2)nc(N)n1. The summed E-state index contributed by atoms with van der Waals surface area (Å²) < 4.78 is 6.91. The molecule has 0 saturated carbocycles. The Balaban J connectivity index is 2.13. The van der Waals surface area contributed by atoms with Gasteiger partial charge in [0, 0.05) is 6.07 Å². The summed E-state index contributed by atoms with van der Waals surface area (Å²) in [5.74, 6) is 0.591. The quantitative estimate of drug-likeness (QED) is 0.784. The van der Waals surface area contributed by atoms with Crippen LogP contribution < -0.4 is 10.5 Å². The van der Waals surface area contributed by atoms with E-state index in [-0.39, 0.29) is 5.95 Å². The van der Waals surface area contributed by atoms with E-state index in [1.807, 2.05) is 36.4 Å². The zero-order valence-corrected chi connectivity index (χ0v) is 10.9. The van der Waals surface area contributed by atoms with Gasteiger partial charge < -0.3 is 10.5 Å². The van der Waals surface area contributed by atoms with E-state index in [0.29, 0.717) is 11.6 Å². The van der Waals surface area contributed by atoms with Gasteiger partial charge in [0.25, 0.3) is 0 Å². The maximum absolute atomic E-state index is 5.70. The number of methoxy groups -OCH3 is 1. The average Bonchev–Trinajstić information content (AvgIpc) is 2.97. The number of hydrogen-bond acceptors (Lipinski definition) is 5. The summed E-state index contributed by atoms with van der Waals surface area (Å²) in [5.41, 5.74) is 8.13. The predicted octanol–water partition coefficient (Wildman–Crippen LogP) is 1.92. The number of aromatic nitrogens is 4. The Hall–Kier alpha value is -2.89. The second-order valence-electron chi connectivity index (χ2n) is 4.12. The standard InChI is InChI=1S/C14H13N5O/c1-20-13-9-11(17-14(15)18-13)12-7-8-16-19(12)10-5-3-2-4-6-10/h2-9H,1H3,(H2,15,17,18). The first kappa shape index (κ1) is 12.2. The highest BCUT2D eigenvalue weighted by Crippen LogP contribution is 2.23. The van der Waals surface area contributed by atoms with Gasteiger partial charge in [0.05, 0.1) is 30.4 Å². The summed E-state index contributed by atoms with van der Waals surface area (Å²) >= 11 is 0. The van der Waals surface area contributed by atoms with Crippen LogP contribution in [0.15, 0.2) is 48.7 Å². The van der Waals surface area contributed by atoms with Crippen molar-refractivity contribution in [3.63, 3.8) is 0 Å². The fraction of sp³-hybridized carbons (Fsp3) is 0.0714. The normalized spacial score (nSPS) is 10.4. The Morgan fingerprint density at radius 2 is 1.90 bits per heavy atom. The third-order valence-electron chi connectivity index (χ3n) is 2.83. The first-order valence-corrected chi connectivity index (χ1v) is 6.06. The smallest absolute Gasteiger partial charge is 0.223 e. The van der Waals surface area contributed by atoms with Gasteiger partial charge in [0.1, 0.15) is 0 Å². The molecule has 2 heterocycles. The van der Waals surface area contributed by atoms with Crippen LogP contribution in [-0.4, -0.2) is 26.9 Å². The van der Waals surface area contributed by atoms with Crippen LogP contribution in [0.2, 0.25) is 0 Å². The first-order chi connectivity index (χ1) is 9.78. The second kappa shape index (κ2) is 5.00. The Kier molecular flexibility index (Phi) is 3.04. The molecule has 0 atom stereocenters. The van der Waals surface area contributed by atoms with Crippen LogP contribution in [0, 0.1) is 0 Å². The molecule has 0 amide bonds. The molecule has 0 aliphatic rings. The van der Waals surface area contributed by atoms with Crippen molar-refractivity contribution in [2.75, 3.05) is 12.8 Å². The van der Waals surface area contributed by atoms with Gasteiger partial charge in [-0.25, -0.2) is 9.67 Å². The Labute approximate surface area is 115 Å². The minimum absolute atomic E-state index is 0.167. The van der Waals surface area contributed by atoms with Gasteiger partial charge in [-0.2, -0.15) is 10.1 Å². The van der Waals surface area contributed by atoms with Crippen LogP contribution in [0.5, 0.6) is 5.88 Å². The minimum atomic E-state index is 0.167. The summed E-state index contributed by atoms with van der Waals surface area (Å²) in [5, 5.41) is 4.32. The van der Waals surface area contributed by atoms with Gasteiger partial charge in [-0.3, -0.25) is 0 Å². The number of para-hydroxylation sites is 1. The fourth-order valence-corrected chi connectivity index (χ4v) is 1.95. The second-order valence-corrected chi connectivity index (χ2v) is 4.12. The highest BCUT2D eigenvalue weighted by Gasteiger charge is 2.11. The lowest BCUT2D eigenvalue weighted by molar-refractivity contribution is 0.398. The lowest BCUT2D eigenvalue weighted by atomic mass is 10.2. The highest BCUT2D eigenvalue weighted by molar-refractivity contribution is 5.60. The molecule has 1 aromatic carbocycles. The van der Waals surface area contributed by atoms with Gasteiger partial charge in [0.2, 0.25) is 11.8 Å². The molecule has 3 aromatic rings. The minimum Gasteiger partial charge on any atom is -0.481 e. The van der Waals surface area contributed by atoms with Crippen LogP contribution in [0.3, 0.4) is 0 Å². The highest BCUT2D eigenvalue weighted by atomic mass is 16.5. The number of hydrogen-bond donors (Lipinski definition) is 1. The zero-order chi connectivity index (χ0) is 13.9. The topological polar surface area (TPSA) is 78.8 Å². The van der Waals surface area contributed by atoms with Crippen LogP contribution in [-0.2, 0) is 0 Å². The summed E-state index contributed by atoms with van der Waals surface area (Å²) in [6, 6.07) is 13.4. The van der Waals surface area contributed by atoms with Gasteiger partial charge in [-0.15, -0.1) is 0 Å². The monoisotopic (exact) mass is 267 g/mol. The lowest BCUT2D eigenvalue weighted by Crippen LogP contribution is -2.03. The van der Waals surface area contributed by atoms with Gasteiger partial charge in [-0.05, 0) is 18.2 Å². The molecule has 6 heteroatoms.